The summed E-state index contributed by atoms with van der Waals surface area (Å²) in [6.45, 7) is 6.60. The van der Waals surface area contributed by atoms with E-state index in [1.807, 2.05) is 38.1 Å². The first-order valence-corrected chi connectivity index (χ1v) is 8.88. The fourth-order valence-electron chi connectivity index (χ4n) is 2.24. The summed E-state index contributed by atoms with van der Waals surface area (Å²) in [7, 11) is 0. The quantitative estimate of drug-likeness (QED) is 0.539. The van der Waals surface area contributed by atoms with Crippen LogP contribution in [-0.4, -0.2) is 37.8 Å². The van der Waals surface area contributed by atoms with Gasteiger partial charge >= 0.3 is 5.97 Å². The third-order valence-corrected chi connectivity index (χ3v) is 3.75. The highest BCUT2D eigenvalue weighted by Crippen LogP contribution is 2.16. The molecule has 2 rings (SSSR count). The Kier molecular flexibility index (Phi) is 7.82. The van der Waals surface area contributed by atoms with E-state index in [-0.39, 0.29) is 12.5 Å². The van der Waals surface area contributed by atoms with Gasteiger partial charge in [-0.2, -0.15) is 0 Å². The molecule has 2 aromatic rings. The van der Waals surface area contributed by atoms with Crippen LogP contribution in [0.15, 0.2) is 48.5 Å². The zero-order valence-corrected chi connectivity index (χ0v) is 15.9. The van der Waals surface area contributed by atoms with Crippen LogP contribution in [0.25, 0.3) is 0 Å². The minimum atomic E-state index is -0.751. The van der Waals surface area contributed by atoms with Crippen LogP contribution in [-0.2, 0) is 14.3 Å². The zero-order valence-electron chi connectivity index (χ0n) is 15.9. The summed E-state index contributed by atoms with van der Waals surface area (Å²) in [5.41, 5.74) is 2.35. The average molecular weight is 371 g/mol. The Balaban J connectivity index is 1.85. The molecule has 0 aliphatic heterocycles. The highest BCUT2D eigenvalue weighted by Gasteiger charge is 2.16. The molecule has 0 aliphatic carbocycles. The van der Waals surface area contributed by atoms with E-state index in [0.29, 0.717) is 24.5 Å². The molecule has 0 bridgehead atoms. The van der Waals surface area contributed by atoms with Crippen molar-refractivity contribution < 1.29 is 23.8 Å². The van der Waals surface area contributed by atoms with Crippen LogP contribution in [0.3, 0.4) is 0 Å². The van der Waals surface area contributed by atoms with Gasteiger partial charge in [-0.25, -0.2) is 4.79 Å². The molecule has 0 saturated heterocycles. The molecular weight excluding hydrogens is 346 g/mol. The first-order valence-electron chi connectivity index (χ1n) is 8.88. The number of nitrogens with one attached hydrogen (secondary N) is 1. The van der Waals surface area contributed by atoms with Crippen molar-refractivity contribution in [1.29, 1.82) is 0 Å². The summed E-state index contributed by atoms with van der Waals surface area (Å²) in [5, 5.41) is 2.83. The Hall–Kier alpha value is -2.86. The molecule has 1 N–H and O–H groups in total. The molecule has 2 aromatic carbocycles. The number of amides is 1. The van der Waals surface area contributed by atoms with E-state index < -0.39 is 12.1 Å². The van der Waals surface area contributed by atoms with Gasteiger partial charge in [-0.3, -0.25) is 4.79 Å². The Morgan fingerprint density at radius 2 is 1.67 bits per heavy atom. The maximum atomic E-state index is 12.3. The van der Waals surface area contributed by atoms with Crippen LogP contribution < -0.4 is 10.1 Å². The molecule has 27 heavy (non-hydrogen) atoms. The van der Waals surface area contributed by atoms with Crippen molar-refractivity contribution in [3.05, 3.63) is 59.7 Å². The number of carbonyl (C=O) groups is 2. The fourth-order valence-corrected chi connectivity index (χ4v) is 2.24. The first-order chi connectivity index (χ1) is 13.0. The predicted molar refractivity (Wildman–Crippen MR) is 103 cm³/mol. The summed E-state index contributed by atoms with van der Waals surface area (Å²) < 4.78 is 15.7. The first kappa shape index (κ1) is 20.5. The van der Waals surface area contributed by atoms with E-state index in [1.54, 1.807) is 31.2 Å². The monoisotopic (exact) mass is 371 g/mol. The van der Waals surface area contributed by atoms with Crippen LogP contribution >= 0.6 is 0 Å². The molecule has 0 aliphatic rings. The van der Waals surface area contributed by atoms with Crippen LogP contribution in [0.1, 0.15) is 29.8 Å². The SMILES string of the molecule is CCOCCOC(=O)[C@H](C)Oc1ccc(C(=O)Nc2ccc(C)cc2)cc1. The topological polar surface area (TPSA) is 73.9 Å². The van der Waals surface area contributed by atoms with E-state index in [0.717, 1.165) is 11.3 Å². The van der Waals surface area contributed by atoms with Gasteiger partial charge in [-0.15, -0.1) is 0 Å². The second kappa shape index (κ2) is 10.3. The van der Waals surface area contributed by atoms with Gasteiger partial charge in [0.25, 0.3) is 5.91 Å². The highest BCUT2D eigenvalue weighted by atomic mass is 16.6. The molecule has 6 nitrogen and oxygen atoms in total. The van der Waals surface area contributed by atoms with E-state index >= 15 is 0 Å². The maximum Gasteiger partial charge on any atom is 0.347 e. The summed E-state index contributed by atoms with van der Waals surface area (Å²) >= 11 is 0. The van der Waals surface area contributed by atoms with Crippen molar-refractivity contribution in [3.63, 3.8) is 0 Å². The van der Waals surface area contributed by atoms with E-state index in [9.17, 15) is 9.59 Å². The third-order valence-electron chi connectivity index (χ3n) is 3.75. The van der Waals surface area contributed by atoms with Gasteiger partial charge in [-0.05, 0) is 57.2 Å². The van der Waals surface area contributed by atoms with Crippen molar-refractivity contribution >= 4 is 17.6 Å². The number of carbonyl (C=O) groups excluding carboxylic acids is 2. The average Bonchev–Trinajstić information content (AvgIpc) is 2.67. The number of anilines is 1. The van der Waals surface area contributed by atoms with Gasteiger partial charge in [0, 0.05) is 17.9 Å². The molecule has 0 unspecified atom stereocenters. The van der Waals surface area contributed by atoms with Crippen LogP contribution in [0.5, 0.6) is 5.75 Å². The molecule has 6 heteroatoms. The molecule has 0 spiro atoms. The molecule has 0 heterocycles. The van der Waals surface area contributed by atoms with Gasteiger partial charge in [0.2, 0.25) is 0 Å². The van der Waals surface area contributed by atoms with Crippen LogP contribution in [0, 0.1) is 6.92 Å². The largest absolute Gasteiger partial charge is 0.479 e. The Bertz CT molecular complexity index is 740. The standard InChI is InChI=1S/C21H25NO5/c1-4-25-13-14-26-21(24)16(3)27-19-11-7-17(8-12-19)20(23)22-18-9-5-15(2)6-10-18/h5-12,16H,4,13-14H2,1-3H3,(H,22,23)/t16-/m0/s1. The lowest BCUT2D eigenvalue weighted by Crippen LogP contribution is -2.27. The normalized spacial score (nSPS) is 11.5. The minimum absolute atomic E-state index is 0.193. The second-order valence-corrected chi connectivity index (χ2v) is 5.97. The summed E-state index contributed by atoms with van der Waals surface area (Å²) in [5.74, 6) is -0.194. The number of aryl methyl sites for hydroxylation is 1. The molecule has 0 radical (unpaired) electrons. The number of rotatable bonds is 9. The minimum Gasteiger partial charge on any atom is -0.479 e. The number of hydrogen-bond acceptors (Lipinski definition) is 5. The zero-order chi connectivity index (χ0) is 19.6. The lowest BCUT2D eigenvalue weighted by atomic mass is 10.2. The van der Waals surface area contributed by atoms with Crippen LogP contribution in [0.4, 0.5) is 5.69 Å². The Labute approximate surface area is 159 Å². The maximum absolute atomic E-state index is 12.3. The van der Waals surface area contributed by atoms with Crippen molar-refractivity contribution in [1.82, 2.24) is 0 Å². The fraction of sp³-hybridized carbons (Fsp3) is 0.333. The summed E-state index contributed by atoms with van der Waals surface area (Å²) in [4.78, 5) is 24.1. The number of ether oxygens (including phenoxy) is 3. The molecular formula is C21H25NO5. The number of benzene rings is 2. The van der Waals surface area contributed by atoms with Crippen molar-refractivity contribution in [2.75, 3.05) is 25.1 Å². The molecule has 1 atom stereocenters. The second-order valence-electron chi connectivity index (χ2n) is 5.97. The molecule has 0 aromatic heterocycles. The van der Waals surface area contributed by atoms with E-state index in [2.05, 4.69) is 5.32 Å². The van der Waals surface area contributed by atoms with Crippen molar-refractivity contribution in [2.45, 2.75) is 26.9 Å². The van der Waals surface area contributed by atoms with Crippen molar-refractivity contribution in [3.8, 4) is 5.75 Å². The van der Waals surface area contributed by atoms with Gasteiger partial charge in [-0.1, -0.05) is 17.7 Å². The number of hydrogen-bond donors (Lipinski definition) is 1. The van der Waals surface area contributed by atoms with Crippen LogP contribution in [0.2, 0.25) is 0 Å². The molecule has 1 amide bonds. The molecule has 0 fully saturated rings. The Morgan fingerprint density at radius 3 is 2.30 bits per heavy atom. The third kappa shape index (κ3) is 6.75. The predicted octanol–water partition coefficient (Wildman–Crippen LogP) is 3.59. The summed E-state index contributed by atoms with van der Waals surface area (Å²) in [6.07, 6.45) is -0.751. The van der Waals surface area contributed by atoms with Crippen molar-refractivity contribution in [2.24, 2.45) is 0 Å². The highest BCUT2D eigenvalue weighted by molar-refractivity contribution is 6.04. The van der Waals surface area contributed by atoms with E-state index in [4.69, 9.17) is 14.2 Å². The molecule has 144 valence electrons. The van der Waals surface area contributed by atoms with Gasteiger partial charge < -0.3 is 19.5 Å². The lowest BCUT2D eigenvalue weighted by Gasteiger charge is -2.14. The number of esters is 1. The van der Waals surface area contributed by atoms with E-state index in [1.165, 1.54) is 0 Å². The summed E-state index contributed by atoms with van der Waals surface area (Å²) in [6, 6.07) is 14.1. The smallest absolute Gasteiger partial charge is 0.347 e. The Morgan fingerprint density at radius 1 is 1.00 bits per heavy atom. The van der Waals surface area contributed by atoms with Gasteiger partial charge in [0.15, 0.2) is 6.10 Å². The lowest BCUT2D eigenvalue weighted by molar-refractivity contribution is -0.152. The van der Waals surface area contributed by atoms with Gasteiger partial charge in [0.05, 0.1) is 6.61 Å². The van der Waals surface area contributed by atoms with Gasteiger partial charge in [0.1, 0.15) is 12.4 Å². The molecule has 0 saturated carbocycles.